The van der Waals surface area contributed by atoms with Crippen LogP contribution in [0, 0.1) is 6.92 Å². The number of benzene rings is 6. The van der Waals surface area contributed by atoms with E-state index in [9.17, 15) is 4.11 Å². The second kappa shape index (κ2) is 13.8. The zero-order valence-corrected chi connectivity index (χ0v) is 32.4. The van der Waals surface area contributed by atoms with E-state index in [1.807, 2.05) is 33.8 Å². The van der Waals surface area contributed by atoms with Crippen molar-refractivity contribution in [3.63, 3.8) is 0 Å². The molecule has 2 aromatic heterocycles. The van der Waals surface area contributed by atoms with Crippen LogP contribution in [0.5, 0.6) is 0 Å². The van der Waals surface area contributed by atoms with Crippen molar-refractivity contribution in [2.24, 2.45) is 7.05 Å². The van der Waals surface area contributed by atoms with E-state index < -0.39 is 17.7 Å². The minimum atomic E-state index is -1.02. The average Bonchev–Trinajstić information content (AvgIpc) is 3.71. The van der Waals surface area contributed by atoms with Crippen LogP contribution in [0.4, 0.5) is 0 Å². The van der Waals surface area contributed by atoms with Crippen molar-refractivity contribution in [3.05, 3.63) is 144 Å². The normalized spacial score (nSPS) is 15.8. The van der Waals surface area contributed by atoms with E-state index >= 15 is 0 Å². The van der Waals surface area contributed by atoms with Crippen LogP contribution in [0.2, 0.25) is 0 Å². The number of rotatable bonds is 7. The van der Waals surface area contributed by atoms with Gasteiger partial charge in [-0.25, -0.2) is 4.57 Å². The summed E-state index contributed by atoms with van der Waals surface area (Å²) < 4.78 is 40.2. The first kappa shape index (κ1) is 31.0. The number of furan rings is 1. The second-order valence-electron chi connectivity index (χ2n) is 15.7. The Bertz CT molecular complexity index is 2770. The summed E-state index contributed by atoms with van der Waals surface area (Å²) in [5.41, 5.74) is 13.6. The molecule has 0 spiro atoms. The molecule has 0 amide bonds. The van der Waals surface area contributed by atoms with Gasteiger partial charge in [0.05, 0.1) is 7.05 Å². The van der Waals surface area contributed by atoms with Crippen LogP contribution >= 0.6 is 0 Å². The van der Waals surface area contributed by atoms with Crippen molar-refractivity contribution in [1.82, 2.24) is 4.57 Å². The number of aromatic nitrogens is 2. The molecule has 8 aromatic rings. The predicted molar refractivity (Wildman–Crippen MR) is 227 cm³/mol. The summed E-state index contributed by atoms with van der Waals surface area (Å²) in [6, 6.07) is 42.6. The molecule has 2 heterocycles. The van der Waals surface area contributed by atoms with Crippen LogP contribution < -0.4 is 4.57 Å². The van der Waals surface area contributed by atoms with Gasteiger partial charge in [-0.1, -0.05) is 132 Å². The Morgan fingerprint density at radius 3 is 2.02 bits per heavy atom. The summed E-state index contributed by atoms with van der Waals surface area (Å²) >= 11 is 0. The first-order valence-electron chi connectivity index (χ1n) is 21.0. The van der Waals surface area contributed by atoms with E-state index in [1.165, 1.54) is 6.42 Å². The van der Waals surface area contributed by atoms with Crippen LogP contribution in [-0.2, 0) is 7.05 Å². The number of imidazole rings is 1. The van der Waals surface area contributed by atoms with Gasteiger partial charge in [-0.3, -0.25) is 0 Å². The Labute approximate surface area is 324 Å². The van der Waals surface area contributed by atoms with Crippen molar-refractivity contribution < 1.29 is 13.1 Å². The fourth-order valence-electron chi connectivity index (χ4n) is 8.82. The molecule has 1 aliphatic rings. The second-order valence-corrected chi connectivity index (χ2v) is 15.7. The summed E-state index contributed by atoms with van der Waals surface area (Å²) in [6.45, 7) is 9.95. The fraction of sp³-hybridized carbons (Fsp3) is 0.275. The lowest BCUT2D eigenvalue weighted by atomic mass is 9.83. The molecule has 1 fully saturated rings. The molecule has 0 unspecified atom stereocenters. The first-order chi connectivity index (χ1) is 27.2. The summed E-state index contributed by atoms with van der Waals surface area (Å²) in [7, 11) is 2.11. The molecule has 0 saturated heterocycles. The molecule has 54 heavy (non-hydrogen) atoms. The van der Waals surface area contributed by atoms with Crippen LogP contribution in [0.15, 0.2) is 126 Å². The third-order valence-electron chi connectivity index (χ3n) is 11.7. The highest BCUT2D eigenvalue weighted by Crippen LogP contribution is 2.44. The van der Waals surface area contributed by atoms with E-state index in [0.29, 0.717) is 0 Å². The maximum Gasteiger partial charge on any atom is 0.299 e. The van der Waals surface area contributed by atoms with E-state index in [0.717, 1.165) is 120 Å². The van der Waals surface area contributed by atoms with E-state index in [2.05, 4.69) is 138 Å². The Kier molecular flexibility index (Phi) is 7.91. The average molecular weight is 711 g/mol. The highest BCUT2D eigenvalue weighted by atomic mass is 16.3. The van der Waals surface area contributed by atoms with Gasteiger partial charge in [0.15, 0.2) is 16.6 Å². The molecule has 1 aliphatic carbocycles. The van der Waals surface area contributed by atoms with Gasteiger partial charge in [-0.2, -0.15) is 4.57 Å². The SMILES string of the molecule is [2H]C(C)(C)c1cc(-c2ccc(C3([2H])CCCCC3)cc2)cc(C([2H])(C)C)c1-n1c(-c2c(C)ccc3c2oc2cc(-c4ccccc4)ccc23)[n+](C)c2ccccc21. The van der Waals surface area contributed by atoms with Crippen molar-refractivity contribution in [1.29, 1.82) is 0 Å². The third kappa shape index (κ3) is 5.77. The highest BCUT2D eigenvalue weighted by Gasteiger charge is 2.34. The third-order valence-corrected chi connectivity index (χ3v) is 11.7. The largest absolute Gasteiger partial charge is 0.455 e. The monoisotopic (exact) mass is 710 g/mol. The Hall–Kier alpha value is -5.41. The number of para-hydroxylation sites is 2. The summed E-state index contributed by atoms with van der Waals surface area (Å²) in [5.74, 6) is -1.64. The molecule has 0 aliphatic heterocycles. The Morgan fingerprint density at radius 2 is 1.31 bits per heavy atom. The predicted octanol–water partition coefficient (Wildman–Crippen LogP) is 14.0. The standard InChI is InChI=1S/C51H51N2O/c1-32(2)43-29-40(38-24-22-37(23-25-38)35-15-9-7-10-16-35)30-44(33(3)4)49(43)53-46-20-14-13-19-45(46)52(6)51(53)48-34(5)21-27-42-41-28-26-39(31-47(41)54-50(42)48)36-17-11-8-12-18-36/h8,11-14,17-33,35H,7,9-10,15-16H2,1-6H3/q+1/i32D,33D,35D. The number of hydrogen-bond donors (Lipinski definition) is 0. The van der Waals surface area contributed by atoms with Crippen LogP contribution in [0.25, 0.3) is 72.3 Å². The molecule has 9 rings (SSSR count). The minimum Gasteiger partial charge on any atom is -0.455 e. The van der Waals surface area contributed by atoms with E-state index in [-0.39, 0.29) is 0 Å². The minimum absolute atomic E-state index is 0.532. The van der Waals surface area contributed by atoms with Gasteiger partial charge in [0.1, 0.15) is 16.8 Å². The molecule has 0 radical (unpaired) electrons. The molecular weight excluding hydrogens is 657 g/mol. The molecule has 0 N–H and O–H groups in total. The van der Waals surface area contributed by atoms with Crippen molar-refractivity contribution >= 4 is 33.0 Å². The maximum absolute atomic E-state index is 9.72. The van der Waals surface area contributed by atoms with Gasteiger partial charge < -0.3 is 4.42 Å². The van der Waals surface area contributed by atoms with Gasteiger partial charge >= 0.3 is 0 Å². The number of fused-ring (bicyclic) bond motifs is 4. The van der Waals surface area contributed by atoms with Crippen molar-refractivity contribution in [2.45, 2.75) is 84.4 Å². The van der Waals surface area contributed by atoms with E-state index in [4.69, 9.17) is 4.42 Å². The molecule has 0 atom stereocenters. The van der Waals surface area contributed by atoms with Crippen LogP contribution in [-0.4, -0.2) is 4.57 Å². The molecular formula is C51H51N2O+. The van der Waals surface area contributed by atoms with Crippen molar-refractivity contribution in [3.8, 4) is 39.3 Å². The smallest absolute Gasteiger partial charge is 0.299 e. The van der Waals surface area contributed by atoms with Crippen LogP contribution in [0.1, 0.15) is 104 Å². The molecule has 6 aromatic carbocycles. The van der Waals surface area contributed by atoms with Crippen molar-refractivity contribution in [2.75, 3.05) is 0 Å². The number of aryl methyl sites for hydroxylation is 2. The number of nitrogens with zero attached hydrogens (tertiary/aromatic N) is 2. The molecule has 3 heteroatoms. The maximum atomic E-state index is 9.72. The molecule has 3 nitrogen and oxygen atoms in total. The van der Waals surface area contributed by atoms with E-state index in [1.54, 1.807) is 0 Å². The zero-order valence-electron chi connectivity index (χ0n) is 35.4. The highest BCUT2D eigenvalue weighted by molar-refractivity contribution is 6.10. The summed E-state index contributed by atoms with van der Waals surface area (Å²) in [6.07, 6.45) is 5.21. The van der Waals surface area contributed by atoms with Gasteiger partial charge in [0, 0.05) is 26.0 Å². The lowest BCUT2D eigenvalue weighted by molar-refractivity contribution is -0.633. The zero-order chi connectivity index (χ0) is 39.9. The summed E-state index contributed by atoms with van der Waals surface area (Å²) in [4.78, 5) is 0. The molecule has 1 saturated carbocycles. The topological polar surface area (TPSA) is 21.9 Å². The van der Waals surface area contributed by atoms with Crippen LogP contribution in [0.3, 0.4) is 0 Å². The van der Waals surface area contributed by atoms with Gasteiger partial charge in [-0.05, 0) is 107 Å². The number of hydrogen-bond acceptors (Lipinski definition) is 1. The van der Waals surface area contributed by atoms with Gasteiger partial charge in [-0.15, -0.1) is 0 Å². The fourth-order valence-corrected chi connectivity index (χ4v) is 8.82. The summed E-state index contributed by atoms with van der Waals surface area (Å²) in [5, 5.41) is 2.11. The molecule has 0 bridgehead atoms. The Balaban J connectivity index is 1.31. The lowest BCUT2D eigenvalue weighted by Crippen LogP contribution is -2.30. The van der Waals surface area contributed by atoms with Gasteiger partial charge in [0.25, 0.3) is 5.82 Å². The quantitative estimate of drug-likeness (QED) is 0.151. The Morgan fingerprint density at radius 1 is 0.685 bits per heavy atom. The lowest BCUT2D eigenvalue weighted by Gasteiger charge is -2.23. The first-order valence-corrected chi connectivity index (χ1v) is 19.5. The molecule has 270 valence electrons. The van der Waals surface area contributed by atoms with Gasteiger partial charge in [0.2, 0.25) is 0 Å².